The molecule has 6 nitrogen and oxygen atoms in total. The standard InChI is InChI=1S/2C24H29BF2O3/c2*1-23(2,3)18-11-17(12-19(14-18)24(4,5)6)22-15-21(29-25(26,27)30-22)16-9-8-10-20(13-16)28-7/h2*8-15H,1-7H3. The smallest absolute Gasteiger partial charge is 0.569 e. The van der Waals surface area contributed by atoms with E-state index >= 15 is 0 Å². The highest BCUT2D eigenvalue weighted by atomic mass is 19.3. The molecule has 0 N–H and O–H groups in total. The van der Waals surface area contributed by atoms with Gasteiger partial charge < -0.3 is 44.7 Å². The van der Waals surface area contributed by atoms with E-state index in [0.29, 0.717) is 33.8 Å². The topological polar surface area (TPSA) is 59.5 Å². The van der Waals surface area contributed by atoms with Gasteiger partial charge in [-0.1, -0.05) is 119 Å². The molecule has 0 radical (unpaired) electrons. The van der Waals surface area contributed by atoms with Crippen LogP contribution in [0, 0.1) is 0 Å². The first-order chi connectivity index (χ1) is 27.6. The van der Waals surface area contributed by atoms with Crippen LogP contribution in [-0.2, 0) is 31.0 Å². The van der Waals surface area contributed by atoms with Crippen LogP contribution in [0.3, 0.4) is 0 Å². The van der Waals surface area contributed by atoms with Crippen molar-refractivity contribution in [2.24, 2.45) is 0 Å². The number of ether oxygens (including phenoxy) is 2. The normalized spacial score (nSPS) is 16.4. The van der Waals surface area contributed by atoms with Crippen molar-refractivity contribution in [2.45, 2.75) is 105 Å². The summed E-state index contributed by atoms with van der Waals surface area (Å²) in [5, 5.41) is 0. The number of rotatable bonds is 6. The minimum atomic E-state index is -4.50. The number of ketones is 2. The monoisotopic (exact) mass is 828 g/mol. The Hall–Kier alpha value is -5.25. The second-order valence-electron chi connectivity index (χ2n) is 19.3. The van der Waals surface area contributed by atoms with E-state index in [-0.39, 0.29) is 44.7 Å². The van der Waals surface area contributed by atoms with Crippen molar-refractivity contribution in [2.75, 3.05) is 14.2 Å². The third-order valence-electron chi connectivity index (χ3n) is 10.2. The Kier molecular flexibility index (Phi) is 12.7. The molecule has 60 heavy (non-hydrogen) atoms. The van der Waals surface area contributed by atoms with Crippen molar-refractivity contribution in [3.63, 3.8) is 0 Å². The van der Waals surface area contributed by atoms with Crippen molar-refractivity contribution in [3.8, 4) is 11.5 Å². The molecule has 0 amide bonds. The summed E-state index contributed by atoms with van der Waals surface area (Å²) in [6.07, 6.45) is 3.06. The first-order valence-electron chi connectivity index (χ1n) is 20.1. The SMILES string of the molecule is COc1cccc(C2=CC(c3cc(C(C)(C)C)cc(C(C)(C)C)c3)=[O+][B-](F)(F)O2)c1.COc1cccc(C2=CC(c3cc(C(C)(C)C)cc(C(C)(C)C)c3)=[O+][B-](F)(F)O2)c1. The first kappa shape index (κ1) is 45.8. The van der Waals surface area contributed by atoms with Crippen LogP contribution in [0.1, 0.15) is 136 Å². The van der Waals surface area contributed by atoms with Gasteiger partial charge in [0.25, 0.3) is 11.6 Å². The molecule has 0 fully saturated rings. The van der Waals surface area contributed by atoms with E-state index in [2.05, 4.69) is 95.2 Å². The lowest BCUT2D eigenvalue weighted by molar-refractivity contribution is -0.184. The highest BCUT2D eigenvalue weighted by Gasteiger charge is 2.54. The molecule has 2 aliphatic rings. The number of carbonyl (C=O) groups excluding carboxylic acids is 2. The van der Waals surface area contributed by atoms with E-state index in [1.807, 2.05) is 24.3 Å². The average Bonchev–Trinajstić information content (AvgIpc) is 3.15. The van der Waals surface area contributed by atoms with Gasteiger partial charge in [-0.05, 0) is 92.4 Å². The number of methoxy groups -OCH3 is 2. The fraction of sp³-hybridized carbons (Fsp3) is 0.375. The maximum absolute atomic E-state index is 14.5. The predicted molar refractivity (Wildman–Crippen MR) is 236 cm³/mol. The van der Waals surface area contributed by atoms with E-state index in [0.717, 1.165) is 22.3 Å². The van der Waals surface area contributed by atoms with Crippen LogP contribution in [0.25, 0.3) is 11.5 Å². The number of halogens is 4. The fourth-order valence-electron chi connectivity index (χ4n) is 6.44. The minimum Gasteiger partial charge on any atom is -0.569 e. The second-order valence-corrected chi connectivity index (χ2v) is 19.3. The summed E-state index contributed by atoms with van der Waals surface area (Å²) in [6, 6.07) is 25.6. The lowest BCUT2D eigenvalue weighted by atomic mass is 9.79. The van der Waals surface area contributed by atoms with Gasteiger partial charge in [0.2, 0.25) is 0 Å². The van der Waals surface area contributed by atoms with E-state index in [1.54, 1.807) is 48.5 Å². The Morgan fingerprint density at radius 3 is 1.00 bits per heavy atom. The van der Waals surface area contributed by atoms with Crippen molar-refractivity contribution < 1.29 is 44.7 Å². The molecular formula is C48H58B2F4O6. The fourth-order valence-corrected chi connectivity index (χ4v) is 6.44. The number of hydrogen-bond acceptors (Lipinski definition) is 4. The Morgan fingerprint density at radius 1 is 0.433 bits per heavy atom. The summed E-state index contributed by atoms with van der Waals surface area (Å²) < 4.78 is 88.1. The largest absolute Gasteiger partial charge is 0.995 e. The van der Waals surface area contributed by atoms with Crippen LogP contribution in [-0.4, -0.2) is 40.0 Å². The Labute approximate surface area is 353 Å². The zero-order valence-corrected chi connectivity index (χ0v) is 37.4. The molecule has 2 heterocycles. The molecule has 320 valence electrons. The molecule has 0 bridgehead atoms. The molecule has 4 aromatic rings. The quantitative estimate of drug-likeness (QED) is 0.110. The molecule has 0 aromatic heterocycles. The van der Waals surface area contributed by atoms with Crippen LogP contribution < -0.4 is 9.47 Å². The summed E-state index contributed by atoms with van der Waals surface area (Å²) in [6.45, 7) is 25.2. The molecule has 6 rings (SSSR count). The van der Waals surface area contributed by atoms with Gasteiger partial charge in [-0.15, -0.1) is 0 Å². The highest BCUT2D eigenvalue weighted by Crippen LogP contribution is 2.36. The molecule has 0 unspecified atom stereocenters. The first-order valence-corrected chi connectivity index (χ1v) is 20.1. The molecule has 12 heteroatoms. The zero-order chi connectivity index (χ0) is 44.6. The molecule has 0 aliphatic carbocycles. The third kappa shape index (κ3) is 11.5. The van der Waals surface area contributed by atoms with Gasteiger partial charge >= 0.3 is 14.2 Å². The molecule has 0 spiro atoms. The highest BCUT2D eigenvalue weighted by molar-refractivity contribution is 6.53. The molecule has 4 aromatic carbocycles. The van der Waals surface area contributed by atoms with Gasteiger partial charge in [-0.3, -0.25) is 0 Å². The van der Waals surface area contributed by atoms with E-state index in [1.165, 1.54) is 26.4 Å². The van der Waals surface area contributed by atoms with Gasteiger partial charge in [0.15, 0.2) is 0 Å². The third-order valence-corrected chi connectivity index (χ3v) is 10.2. The van der Waals surface area contributed by atoms with Crippen LogP contribution in [0.5, 0.6) is 11.5 Å². The van der Waals surface area contributed by atoms with Crippen LogP contribution >= 0.6 is 0 Å². The van der Waals surface area contributed by atoms with E-state index in [9.17, 15) is 17.3 Å². The number of hydrogen-bond donors (Lipinski definition) is 0. The molecule has 2 aliphatic heterocycles. The molecule has 0 atom stereocenters. The van der Waals surface area contributed by atoms with Crippen LogP contribution in [0.15, 0.2) is 97.1 Å². The Morgan fingerprint density at radius 2 is 0.733 bits per heavy atom. The van der Waals surface area contributed by atoms with E-state index in [4.69, 9.17) is 27.5 Å². The van der Waals surface area contributed by atoms with Crippen LogP contribution in [0.2, 0.25) is 0 Å². The van der Waals surface area contributed by atoms with Crippen LogP contribution in [0.4, 0.5) is 17.3 Å². The molecule has 0 saturated heterocycles. The summed E-state index contributed by atoms with van der Waals surface area (Å²) in [7, 11) is -5.94. The Bertz CT molecular complexity index is 2120. The van der Waals surface area contributed by atoms with E-state index < -0.39 is 14.2 Å². The average molecular weight is 829 g/mol. The molecular weight excluding hydrogens is 770 g/mol. The molecule has 0 saturated carbocycles. The van der Waals surface area contributed by atoms with Crippen molar-refractivity contribution in [1.29, 1.82) is 0 Å². The maximum atomic E-state index is 14.5. The van der Waals surface area contributed by atoms with Gasteiger partial charge in [-0.25, -0.2) is 0 Å². The Balaban J connectivity index is 0.000000228. The maximum Gasteiger partial charge on any atom is 0.995 e. The summed E-state index contributed by atoms with van der Waals surface area (Å²) >= 11 is 0. The summed E-state index contributed by atoms with van der Waals surface area (Å²) in [4.78, 5) is 0. The zero-order valence-electron chi connectivity index (χ0n) is 37.4. The van der Waals surface area contributed by atoms with Gasteiger partial charge in [0, 0.05) is 11.1 Å². The second kappa shape index (κ2) is 16.7. The minimum absolute atomic E-state index is 0.0543. The summed E-state index contributed by atoms with van der Waals surface area (Å²) in [5.41, 5.74) is 5.86. The van der Waals surface area contributed by atoms with Crippen molar-refractivity contribution in [3.05, 3.63) is 142 Å². The van der Waals surface area contributed by atoms with Gasteiger partial charge in [0.05, 0.1) is 49.0 Å². The van der Waals surface area contributed by atoms with Crippen molar-refractivity contribution in [1.82, 2.24) is 0 Å². The summed E-state index contributed by atoms with van der Waals surface area (Å²) in [5.74, 6) is 1.43. The predicted octanol–water partition coefficient (Wildman–Crippen LogP) is 12.9. The van der Waals surface area contributed by atoms with Gasteiger partial charge in [-0.2, -0.15) is 0 Å². The van der Waals surface area contributed by atoms with Crippen molar-refractivity contribution >= 4 is 37.3 Å². The van der Waals surface area contributed by atoms with Gasteiger partial charge in [0.1, 0.15) is 11.5 Å². The lowest BCUT2D eigenvalue weighted by Crippen LogP contribution is -2.31. The number of allylic oxidation sites excluding steroid dienone is 2. The lowest BCUT2D eigenvalue weighted by Gasteiger charge is -2.26. The number of benzene rings is 4.